The number of hydrogen-bond acceptors (Lipinski definition) is 6. The third-order valence-corrected chi connectivity index (χ3v) is 4.71. The Labute approximate surface area is 190 Å². The van der Waals surface area contributed by atoms with Gasteiger partial charge < -0.3 is 20.1 Å². The zero-order valence-corrected chi connectivity index (χ0v) is 17.9. The average molecular weight is 449 g/mol. The van der Waals surface area contributed by atoms with Crippen LogP contribution in [-0.2, 0) is 11.2 Å². The van der Waals surface area contributed by atoms with Gasteiger partial charge in [0.2, 0.25) is 5.75 Å². The molecular formula is C24H23N3O6. The SMILES string of the molecule is COc1cc(OCC(=O)Nc2ccccc2C(=O)NCCc2ccccc2)ccc1[N+](=O)[O-]. The Morgan fingerprint density at radius 1 is 1.00 bits per heavy atom. The molecule has 0 unspecified atom stereocenters. The second kappa shape index (κ2) is 11.3. The van der Waals surface area contributed by atoms with Crippen LogP contribution in [0.1, 0.15) is 15.9 Å². The molecule has 0 aliphatic carbocycles. The predicted octanol–water partition coefficient (Wildman–Crippen LogP) is 3.59. The molecular weight excluding hydrogens is 426 g/mol. The Bertz CT molecular complexity index is 1130. The van der Waals surface area contributed by atoms with Gasteiger partial charge in [0.15, 0.2) is 6.61 Å². The minimum atomic E-state index is -0.572. The van der Waals surface area contributed by atoms with Gasteiger partial charge in [-0.1, -0.05) is 42.5 Å². The number of ether oxygens (including phenoxy) is 2. The highest BCUT2D eigenvalue weighted by atomic mass is 16.6. The summed E-state index contributed by atoms with van der Waals surface area (Å²) >= 11 is 0. The topological polar surface area (TPSA) is 120 Å². The van der Waals surface area contributed by atoms with E-state index < -0.39 is 10.8 Å². The van der Waals surface area contributed by atoms with Gasteiger partial charge in [-0.2, -0.15) is 0 Å². The minimum Gasteiger partial charge on any atom is -0.490 e. The van der Waals surface area contributed by atoms with Gasteiger partial charge in [-0.15, -0.1) is 0 Å². The van der Waals surface area contributed by atoms with Crippen molar-refractivity contribution in [3.8, 4) is 11.5 Å². The fourth-order valence-corrected chi connectivity index (χ4v) is 3.08. The Kier molecular flexibility index (Phi) is 7.96. The number of amides is 2. The summed E-state index contributed by atoms with van der Waals surface area (Å²) in [4.78, 5) is 35.4. The van der Waals surface area contributed by atoms with Gasteiger partial charge in [0, 0.05) is 18.7 Å². The molecule has 3 aromatic carbocycles. The van der Waals surface area contributed by atoms with Crippen LogP contribution in [0.4, 0.5) is 11.4 Å². The van der Waals surface area contributed by atoms with Crippen LogP contribution in [0.15, 0.2) is 72.8 Å². The molecule has 2 amide bonds. The molecule has 0 saturated heterocycles. The van der Waals surface area contributed by atoms with Crippen molar-refractivity contribution < 1.29 is 24.0 Å². The zero-order chi connectivity index (χ0) is 23.6. The maximum absolute atomic E-state index is 12.6. The first-order valence-electron chi connectivity index (χ1n) is 10.1. The van der Waals surface area contributed by atoms with Crippen molar-refractivity contribution in [2.45, 2.75) is 6.42 Å². The molecule has 0 aromatic heterocycles. The molecule has 0 heterocycles. The van der Waals surface area contributed by atoms with Gasteiger partial charge in [0.1, 0.15) is 5.75 Å². The number of benzene rings is 3. The summed E-state index contributed by atoms with van der Waals surface area (Å²) in [6, 6.07) is 20.4. The average Bonchev–Trinajstić information content (AvgIpc) is 2.83. The molecule has 0 aliphatic rings. The number of hydrogen-bond donors (Lipinski definition) is 2. The second-order valence-corrected chi connectivity index (χ2v) is 6.96. The molecule has 3 rings (SSSR count). The van der Waals surface area contributed by atoms with Crippen LogP contribution in [-0.4, -0.2) is 37.0 Å². The molecule has 3 aromatic rings. The number of rotatable bonds is 10. The number of anilines is 1. The molecule has 0 radical (unpaired) electrons. The van der Waals surface area contributed by atoms with E-state index >= 15 is 0 Å². The maximum Gasteiger partial charge on any atom is 0.311 e. The van der Waals surface area contributed by atoms with Crippen molar-refractivity contribution in [3.63, 3.8) is 0 Å². The van der Waals surface area contributed by atoms with E-state index in [0.29, 0.717) is 24.2 Å². The van der Waals surface area contributed by atoms with Crippen LogP contribution in [0.25, 0.3) is 0 Å². The van der Waals surface area contributed by atoms with Crippen molar-refractivity contribution in [2.24, 2.45) is 0 Å². The molecule has 0 bridgehead atoms. The molecule has 0 atom stereocenters. The highest BCUT2D eigenvalue weighted by Gasteiger charge is 2.17. The summed E-state index contributed by atoms with van der Waals surface area (Å²) in [6.45, 7) is 0.0984. The van der Waals surface area contributed by atoms with E-state index in [1.54, 1.807) is 24.3 Å². The summed E-state index contributed by atoms with van der Waals surface area (Å²) in [6.07, 6.45) is 0.688. The lowest BCUT2D eigenvalue weighted by Crippen LogP contribution is -2.28. The molecule has 2 N–H and O–H groups in total. The highest BCUT2D eigenvalue weighted by molar-refractivity contribution is 6.04. The first-order valence-corrected chi connectivity index (χ1v) is 10.1. The van der Waals surface area contributed by atoms with E-state index in [-0.39, 0.29) is 29.7 Å². The molecule has 0 saturated carbocycles. The Balaban J connectivity index is 1.57. The molecule has 33 heavy (non-hydrogen) atoms. The van der Waals surface area contributed by atoms with Crippen molar-refractivity contribution in [1.82, 2.24) is 5.32 Å². The van der Waals surface area contributed by atoms with Crippen molar-refractivity contribution in [1.29, 1.82) is 0 Å². The van der Waals surface area contributed by atoms with Crippen LogP contribution in [0.2, 0.25) is 0 Å². The van der Waals surface area contributed by atoms with Crippen molar-refractivity contribution in [2.75, 3.05) is 25.6 Å². The lowest BCUT2D eigenvalue weighted by molar-refractivity contribution is -0.385. The summed E-state index contributed by atoms with van der Waals surface area (Å²) in [7, 11) is 1.31. The van der Waals surface area contributed by atoms with E-state index in [4.69, 9.17) is 9.47 Å². The standard InChI is InChI=1S/C24H23N3O6/c1-32-22-15-18(11-12-21(22)27(30)31)33-16-23(28)26-20-10-6-5-9-19(20)24(29)25-14-13-17-7-3-2-4-8-17/h2-12,15H,13-14,16H2,1H3,(H,25,29)(H,26,28). The van der Waals surface area contributed by atoms with Crippen molar-refractivity contribution >= 4 is 23.2 Å². The quantitative estimate of drug-likeness (QED) is 0.361. The number of nitrogens with one attached hydrogen (secondary N) is 2. The number of methoxy groups -OCH3 is 1. The smallest absolute Gasteiger partial charge is 0.311 e. The fraction of sp³-hybridized carbons (Fsp3) is 0.167. The Hall–Kier alpha value is -4.40. The third kappa shape index (κ3) is 6.54. The lowest BCUT2D eigenvalue weighted by atomic mass is 10.1. The molecule has 170 valence electrons. The predicted molar refractivity (Wildman–Crippen MR) is 123 cm³/mol. The summed E-state index contributed by atoms with van der Waals surface area (Å²) in [5.41, 5.74) is 1.58. The van der Waals surface area contributed by atoms with Gasteiger partial charge in [-0.3, -0.25) is 19.7 Å². The van der Waals surface area contributed by atoms with Crippen LogP contribution in [0.3, 0.4) is 0 Å². The lowest BCUT2D eigenvalue weighted by Gasteiger charge is -2.12. The molecule has 0 aliphatic heterocycles. The van der Waals surface area contributed by atoms with Crippen LogP contribution >= 0.6 is 0 Å². The highest BCUT2D eigenvalue weighted by Crippen LogP contribution is 2.30. The van der Waals surface area contributed by atoms with Gasteiger partial charge in [0.05, 0.1) is 23.3 Å². The van der Waals surface area contributed by atoms with Gasteiger partial charge in [-0.25, -0.2) is 0 Å². The fourth-order valence-electron chi connectivity index (χ4n) is 3.08. The zero-order valence-electron chi connectivity index (χ0n) is 17.9. The van der Waals surface area contributed by atoms with Gasteiger partial charge >= 0.3 is 5.69 Å². The Morgan fingerprint density at radius 3 is 2.45 bits per heavy atom. The number of carbonyl (C=O) groups is 2. The maximum atomic E-state index is 12.6. The van der Waals surface area contributed by atoms with Gasteiger partial charge in [-0.05, 0) is 30.2 Å². The van der Waals surface area contributed by atoms with Crippen LogP contribution in [0.5, 0.6) is 11.5 Å². The van der Waals surface area contributed by atoms with E-state index in [1.807, 2.05) is 30.3 Å². The summed E-state index contributed by atoms with van der Waals surface area (Å²) < 4.78 is 10.4. The molecule has 0 fully saturated rings. The molecule has 0 spiro atoms. The summed E-state index contributed by atoms with van der Waals surface area (Å²) in [5, 5.41) is 16.5. The minimum absolute atomic E-state index is 0.0235. The number of nitro benzene ring substituents is 1. The largest absolute Gasteiger partial charge is 0.490 e. The number of carbonyl (C=O) groups excluding carboxylic acids is 2. The normalized spacial score (nSPS) is 10.2. The van der Waals surface area contributed by atoms with Crippen molar-refractivity contribution in [3.05, 3.63) is 94.0 Å². The number of para-hydroxylation sites is 1. The summed E-state index contributed by atoms with van der Waals surface area (Å²) in [5.74, 6) is -0.533. The molecule has 9 nitrogen and oxygen atoms in total. The third-order valence-electron chi connectivity index (χ3n) is 4.71. The molecule has 9 heteroatoms. The van der Waals surface area contributed by atoms with E-state index in [9.17, 15) is 19.7 Å². The first kappa shape index (κ1) is 23.3. The van der Waals surface area contributed by atoms with Gasteiger partial charge in [0.25, 0.3) is 11.8 Å². The van der Waals surface area contributed by atoms with Crippen LogP contribution in [0, 0.1) is 10.1 Å². The van der Waals surface area contributed by atoms with Crippen LogP contribution < -0.4 is 20.1 Å². The van der Waals surface area contributed by atoms with E-state index in [0.717, 1.165) is 5.56 Å². The monoisotopic (exact) mass is 449 g/mol. The van der Waals surface area contributed by atoms with E-state index in [2.05, 4.69) is 10.6 Å². The van der Waals surface area contributed by atoms with E-state index in [1.165, 1.54) is 25.3 Å². The Morgan fingerprint density at radius 2 is 1.73 bits per heavy atom. The first-order chi connectivity index (χ1) is 16.0. The second-order valence-electron chi connectivity index (χ2n) is 6.96. The number of nitro groups is 1. The number of nitrogens with zero attached hydrogens (tertiary/aromatic N) is 1.